The average Bonchev–Trinajstić information content (AvgIpc) is 2.37. The summed E-state index contributed by atoms with van der Waals surface area (Å²) < 4.78 is 17.6. The molecule has 0 unspecified atom stereocenters. The fraction of sp³-hybridized carbons (Fsp3) is 0.167. The van der Waals surface area contributed by atoms with E-state index in [-0.39, 0.29) is 5.56 Å². The van der Waals surface area contributed by atoms with Crippen LogP contribution in [0.25, 0.3) is 0 Å². The minimum absolute atomic E-state index is 0.214. The van der Waals surface area contributed by atoms with Crippen LogP contribution in [-0.2, 0) is 13.3 Å². The molecule has 0 spiro atoms. The van der Waals surface area contributed by atoms with Gasteiger partial charge >= 0.3 is 0 Å². The highest BCUT2D eigenvalue weighted by molar-refractivity contribution is 5.19. The number of ether oxygens (including phenoxy) is 1. The summed E-state index contributed by atoms with van der Waals surface area (Å²) in [6.07, 6.45) is 3.07. The summed E-state index contributed by atoms with van der Waals surface area (Å²) >= 11 is 0. The lowest BCUT2D eigenvalue weighted by Crippen LogP contribution is -2.04. The van der Waals surface area contributed by atoms with E-state index in [1.807, 2.05) is 0 Å². The number of hydrogen-bond donors (Lipinski definition) is 1. The standard InChI is InChI=1S/C12H11FN2O2/c13-6-10-2-1-9(7-15-10)8-17-11-3-4-14-12(16)5-11/h1-5,7H,6,8H2,(H,14,16). The van der Waals surface area contributed by atoms with Gasteiger partial charge in [-0.2, -0.15) is 0 Å². The topological polar surface area (TPSA) is 55.0 Å². The molecule has 0 saturated heterocycles. The highest BCUT2D eigenvalue weighted by atomic mass is 19.1. The molecule has 0 aliphatic heterocycles. The smallest absolute Gasteiger partial charge is 0.251 e. The van der Waals surface area contributed by atoms with Crippen LogP contribution in [-0.4, -0.2) is 9.97 Å². The zero-order valence-corrected chi connectivity index (χ0v) is 9.02. The number of alkyl halides is 1. The fourth-order valence-electron chi connectivity index (χ4n) is 1.30. The van der Waals surface area contributed by atoms with Gasteiger partial charge in [0, 0.05) is 24.0 Å². The Hall–Kier alpha value is -2.17. The zero-order valence-electron chi connectivity index (χ0n) is 9.02. The maximum atomic E-state index is 12.2. The minimum Gasteiger partial charge on any atom is -0.489 e. The third-order valence-corrected chi connectivity index (χ3v) is 2.17. The van der Waals surface area contributed by atoms with Gasteiger partial charge in [-0.15, -0.1) is 0 Å². The Morgan fingerprint density at radius 2 is 2.24 bits per heavy atom. The maximum absolute atomic E-state index is 12.2. The number of aromatic amines is 1. The molecule has 88 valence electrons. The summed E-state index contributed by atoms with van der Waals surface area (Å²) in [5.74, 6) is 0.489. The SMILES string of the molecule is O=c1cc(OCc2ccc(CF)nc2)cc[nH]1. The summed E-state index contributed by atoms with van der Waals surface area (Å²) in [7, 11) is 0. The van der Waals surface area contributed by atoms with Crippen molar-refractivity contribution < 1.29 is 9.13 Å². The third kappa shape index (κ3) is 3.14. The number of nitrogens with one attached hydrogen (secondary N) is 1. The van der Waals surface area contributed by atoms with Gasteiger partial charge in [0.25, 0.3) is 5.56 Å². The highest BCUT2D eigenvalue weighted by Crippen LogP contribution is 2.09. The van der Waals surface area contributed by atoms with Gasteiger partial charge < -0.3 is 9.72 Å². The van der Waals surface area contributed by atoms with E-state index in [4.69, 9.17) is 4.74 Å². The van der Waals surface area contributed by atoms with E-state index in [1.54, 1.807) is 24.4 Å². The lowest BCUT2D eigenvalue weighted by Gasteiger charge is -2.05. The number of rotatable bonds is 4. The number of hydrogen-bond acceptors (Lipinski definition) is 3. The maximum Gasteiger partial charge on any atom is 0.251 e. The van der Waals surface area contributed by atoms with Crippen LogP contribution in [0.1, 0.15) is 11.3 Å². The zero-order chi connectivity index (χ0) is 12.1. The molecule has 2 aromatic rings. The van der Waals surface area contributed by atoms with Crippen molar-refractivity contribution in [3.8, 4) is 5.75 Å². The van der Waals surface area contributed by atoms with Crippen molar-refractivity contribution >= 4 is 0 Å². The van der Waals surface area contributed by atoms with Crippen LogP contribution in [0.2, 0.25) is 0 Å². The molecule has 0 aromatic carbocycles. The normalized spacial score (nSPS) is 10.2. The molecule has 2 aromatic heterocycles. The molecule has 0 atom stereocenters. The van der Waals surface area contributed by atoms with E-state index in [0.29, 0.717) is 18.1 Å². The average molecular weight is 234 g/mol. The van der Waals surface area contributed by atoms with E-state index in [0.717, 1.165) is 5.56 Å². The van der Waals surface area contributed by atoms with E-state index in [1.165, 1.54) is 12.3 Å². The van der Waals surface area contributed by atoms with Crippen molar-refractivity contribution in [2.24, 2.45) is 0 Å². The first kappa shape index (κ1) is 11.3. The molecular formula is C12H11FN2O2. The molecule has 0 radical (unpaired) electrons. The van der Waals surface area contributed by atoms with Gasteiger partial charge in [-0.05, 0) is 12.1 Å². The monoisotopic (exact) mass is 234 g/mol. The number of aromatic nitrogens is 2. The van der Waals surface area contributed by atoms with E-state index in [9.17, 15) is 9.18 Å². The quantitative estimate of drug-likeness (QED) is 0.877. The van der Waals surface area contributed by atoms with Crippen LogP contribution in [0, 0.1) is 0 Å². The molecule has 0 saturated carbocycles. The van der Waals surface area contributed by atoms with Crippen molar-refractivity contribution in [1.29, 1.82) is 0 Å². The molecule has 0 aliphatic rings. The Balaban J connectivity index is 1.99. The highest BCUT2D eigenvalue weighted by Gasteiger charge is 1.98. The van der Waals surface area contributed by atoms with Gasteiger partial charge in [0.05, 0.1) is 5.69 Å². The first-order chi connectivity index (χ1) is 8.28. The van der Waals surface area contributed by atoms with E-state index in [2.05, 4.69) is 9.97 Å². The van der Waals surface area contributed by atoms with Gasteiger partial charge in [-0.1, -0.05) is 6.07 Å². The molecule has 4 nitrogen and oxygen atoms in total. The molecule has 2 rings (SSSR count). The van der Waals surface area contributed by atoms with Crippen LogP contribution in [0.5, 0.6) is 5.75 Å². The molecule has 1 N–H and O–H groups in total. The number of nitrogens with zero attached hydrogens (tertiary/aromatic N) is 1. The van der Waals surface area contributed by atoms with Gasteiger partial charge in [-0.3, -0.25) is 9.78 Å². The van der Waals surface area contributed by atoms with Gasteiger partial charge in [0.2, 0.25) is 0 Å². The Morgan fingerprint density at radius 1 is 1.35 bits per heavy atom. The Labute approximate surface area is 97.1 Å². The summed E-state index contributed by atoms with van der Waals surface area (Å²) in [6.45, 7) is -0.280. The summed E-state index contributed by atoms with van der Waals surface area (Å²) in [5.41, 5.74) is 1.00. The predicted molar refractivity (Wildman–Crippen MR) is 60.4 cm³/mol. The first-order valence-electron chi connectivity index (χ1n) is 5.09. The lowest BCUT2D eigenvalue weighted by atomic mass is 10.2. The summed E-state index contributed by atoms with van der Waals surface area (Å²) in [4.78, 5) is 17.4. The Morgan fingerprint density at radius 3 is 2.88 bits per heavy atom. The predicted octanol–water partition coefficient (Wildman–Crippen LogP) is 1.82. The summed E-state index contributed by atoms with van der Waals surface area (Å²) in [6, 6.07) is 6.37. The fourth-order valence-corrected chi connectivity index (χ4v) is 1.30. The molecule has 0 fully saturated rings. The number of H-pyrrole nitrogens is 1. The number of pyridine rings is 2. The molecule has 17 heavy (non-hydrogen) atoms. The van der Waals surface area contributed by atoms with Crippen LogP contribution >= 0.6 is 0 Å². The van der Waals surface area contributed by atoms with Crippen molar-refractivity contribution in [3.05, 3.63) is 58.3 Å². The van der Waals surface area contributed by atoms with Crippen molar-refractivity contribution in [2.45, 2.75) is 13.3 Å². The second-order valence-corrected chi connectivity index (χ2v) is 3.47. The Kier molecular flexibility index (Phi) is 3.49. The van der Waals surface area contributed by atoms with Gasteiger partial charge in [-0.25, -0.2) is 4.39 Å². The molecular weight excluding hydrogens is 223 g/mol. The molecule has 0 amide bonds. The largest absolute Gasteiger partial charge is 0.489 e. The van der Waals surface area contributed by atoms with Crippen LogP contribution in [0.3, 0.4) is 0 Å². The molecule has 2 heterocycles. The molecule has 5 heteroatoms. The van der Waals surface area contributed by atoms with E-state index >= 15 is 0 Å². The lowest BCUT2D eigenvalue weighted by molar-refractivity contribution is 0.305. The number of halogens is 1. The third-order valence-electron chi connectivity index (χ3n) is 2.17. The van der Waals surface area contributed by atoms with Crippen LogP contribution in [0.15, 0.2) is 41.5 Å². The van der Waals surface area contributed by atoms with Crippen molar-refractivity contribution in [3.63, 3.8) is 0 Å². The minimum atomic E-state index is -0.574. The van der Waals surface area contributed by atoms with Gasteiger partial charge in [0.15, 0.2) is 0 Å². The Bertz CT molecular complexity index is 537. The molecule has 0 aliphatic carbocycles. The van der Waals surface area contributed by atoms with Crippen molar-refractivity contribution in [2.75, 3.05) is 0 Å². The van der Waals surface area contributed by atoms with Crippen molar-refractivity contribution in [1.82, 2.24) is 9.97 Å². The van der Waals surface area contributed by atoms with E-state index < -0.39 is 6.67 Å². The second-order valence-electron chi connectivity index (χ2n) is 3.47. The van der Waals surface area contributed by atoms with Crippen LogP contribution in [0.4, 0.5) is 4.39 Å². The van der Waals surface area contributed by atoms with Crippen LogP contribution < -0.4 is 10.3 Å². The molecule has 0 bridgehead atoms. The summed E-state index contributed by atoms with van der Waals surface area (Å²) in [5, 5.41) is 0. The second kappa shape index (κ2) is 5.25. The first-order valence-corrected chi connectivity index (χ1v) is 5.09. The van der Waals surface area contributed by atoms with Gasteiger partial charge in [0.1, 0.15) is 19.0 Å².